The summed E-state index contributed by atoms with van der Waals surface area (Å²) in [5.74, 6) is -3.46. The maximum atomic E-state index is 13.1. The first-order valence-corrected chi connectivity index (χ1v) is 13.5. The van der Waals surface area contributed by atoms with Crippen LogP contribution in [-0.2, 0) is 39.8 Å². The molecule has 10 atom stereocenters. The molecule has 41 heavy (non-hydrogen) atoms. The molecule has 5 N–H and O–H groups in total. The number of hydrogen-bond acceptors (Lipinski definition) is 12. The van der Waals surface area contributed by atoms with Crippen LogP contribution in [0.4, 0.5) is 0 Å². The molecule has 0 aromatic heterocycles. The van der Waals surface area contributed by atoms with Crippen LogP contribution in [0.15, 0.2) is 48.1 Å². The third kappa shape index (κ3) is 5.31. The summed E-state index contributed by atoms with van der Waals surface area (Å²) in [6.07, 6.45) is -6.43. The molecule has 1 unspecified atom stereocenters. The molecule has 2 aliphatic heterocycles. The van der Waals surface area contributed by atoms with E-state index in [2.05, 4.69) is 6.58 Å². The molecule has 1 saturated carbocycles. The van der Waals surface area contributed by atoms with Gasteiger partial charge >= 0.3 is 11.9 Å². The van der Waals surface area contributed by atoms with Crippen molar-refractivity contribution in [1.82, 2.24) is 0 Å². The van der Waals surface area contributed by atoms with Crippen LogP contribution in [0.1, 0.15) is 25.3 Å². The average molecular weight is 575 g/mol. The lowest BCUT2D eigenvalue weighted by molar-refractivity contribution is -0.300. The summed E-state index contributed by atoms with van der Waals surface area (Å²) in [5.41, 5.74) is -0.617. The predicted octanol–water partition coefficient (Wildman–Crippen LogP) is -0.314. The maximum absolute atomic E-state index is 13.1. The third-order valence-corrected chi connectivity index (χ3v) is 8.70. The number of fused-ring (bicyclic) bond motifs is 3. The van der Waals surface area contributed by atoms with Crippen LogP contribution < -0.4 is 0 Å². The number of benzene rings is 1. The molecule has 222 valence electrons. The van der Waals surface area contributed by atoms with Gasteiger partial charge in [0.2, 0.25) is 0 Å². The van der Waals surface area contributed by atoms with Crippen molar-refractivity contribution in [2.45, 2.75) is 68.6 Å². The third-order valence-electron chi connectivity index (χ3n) is 8.70. The first kappa shape index (κ1) is 29.4. The van der Waals surface area contributed by atoms with Gasteiger partial charge in [0, 0.05) is 11.5 Å². The van der Waals surface area contributed by atoms with Crippen LogP contribution in [0.2, 0.25) is 0 Å². The summed E-state index contributed by atoms with van der Waals surface area (Å²) in [7, 11) is 0. The second kappa shape index (κ2) is 11.3. The summed E-state index contributed by atoms with van der Waals surface area (Å²) >= 11 is 0. The first-order valence-electron chi connectivity index (χ1n) is 13.5. The Morgan fingerprint density at radius 2 is 1.80 bits per heavy atom. The second-order valence-electron chi connectivity index (χ2n) is 11.2. The zero-order chi connectivity index (χ0) is 29.6. The monoisotopic (exact) mass is 574 g/mol. The van der Waals surface area contributed by atoms with Crippen molar-refractivity contribution >= 4 is 17.7 Å². The van der Waals surface area contributed by atoms with Crippen LogP contribution in [0.25, 0.3) is 0 Å². The quantitative estimate of drug-likeness (QED) is 0.211. The van der Waals surface area contributed by atoms with Crippen LogP contribution >= 0.6 is 0 Å². The number of ether oxygens (including phenoxy) is 4. The van der Waals surface area contributed by atoms with Crippen molar-refractivity contribution in [2.75, 3.05) is 13.2 Å². The molecule has 3 fully saturated rings. The van der Waals surface area contributed by atoms with Gasteiger partial charge in [0.1, 0.15) is 48.5 Å². The standard InChI is InChI=1S/C29H34O12/c1-13-3-8-18-14(2)27(36)41-26(18)22-16(10-20(31)29(13,22)37)11-39-28-25(35)24(34)23(33)19(40-28)12-38-21(32)9-15-4-6-17(30)7-5-15/h4-7,10,13,18-19,22-26,28,30,33-35,37H,2-3,8-9,11-12H2,1H3/t13-,18-,19+,22+,23+,24-,25+,26-,28+,29?/m0/s1. The average Bonchev–Trinajstić information content (AvgIpc) is 3.32. The highest BCUT2D eigenvalue weighted by atomic mass is 16.7. The number of ketones is 1. The molecule has 0 bridgehead atoms. The van der Waals surface area contributed by atoms with Crippen LogP contribution in [0.3, 0.4) is 0 Å². The molecule has 1 aromatic rings. The maximum Gasteiger partial charge on any atom is 0.334 e. The highest BCUT2D eigenvalue weighted by Gasteiger charge is 2.62. The van der Waals surface area contributed by atoms with Gasteiger partial charge in [0.15, 0.2) is 12.1 Å². The molecule has 12 heteroatoms. The number of aliphatic hydroxyl groups excluding tert-OH is 3. The Morgan fingerprint density at radius 3 is 2.51 bits per heavy atom. The lowest BCUT2D eigenvalue weighted by Crippen LogP contribution is -2.59. The molecule has 4 aliphatic rings. The van der Waals surface area contributed by atoms with Crippen molar-refractivity contribution in [2.24, 2.45) is 17.8 Å². The van der Waals surface area contributed by atoms with E-state index in [9.17, 15) is 39.9 Å². The van der Waals surface area contributed by atoms with Crippen molar-refractivity contribution in [3.63, 3.8) is 0 Å². The Labute approximate surface area is 235 Å². The van der Waals surface area contributed by atoms with Crippen molar-refractivity contribution < 1.29 is 58.9 Å². The number of carbonyl (C=O) groups excluding carboxylic acids is 3. The van der Waals surface area contributed by atoms with E-state index in [1.165, 1.54) is 18.2 Å². The Bertz CT molecular complexity index is 1240. The summed E-state index contributed by atoms with van der Waals surface area (Å²) in [6.45, 7) is 4.82. The van der Waals surface area contributed by atoms with Crippen LogP contribution in [-0.4, -0.2) is 98.9 Å². The molecule has 2 saturated heterocycles. The number of carbonyl (C=O) groups is 3. The largest absolute Gasteiger partial charge is 0.508 e. The molecular weight excluding hydrogens is 540 g/mol. The van der Waals surface area contributed by atoms with Crippen molar-refractivity contribution in [3.8, 4) is 5.75 Å². The molecule has 0 radical (unpaired) electrons. The van der Waals surface area contributed by atoms with E-state index in [0.29, 0.717) is 24.0 Å². The second-order valence-corrected chi connectivity index (χ2v) is 11.2. The number of esters is 2. The van der Waals surface area contributed by atoms with E-state index in [-0.39, 0.29) is 30.3 Å². The van der Waals surface area contributed by atoms with Gasteiger partial charge in [-0.1, -0.05) is 25.6 Å². The summed E-state index contributed by atoms with van der Waals surface area (Å²) in [6, 6.07) is 5.95. The van der Waals surface area contributed by atoms with E-state index in [0.717, 1.165) is 0 Å². The predicted molar refractivity (Wildman–Crippen MR) is 138 cm³/mol. The molecule has 0 spiro atoms. The number of rotatable bonds is 7. The zero-order valence-electron chi connectivity index (χ0n) is 22.4. The molecule has 5 rings (SSSR count). The highest BCUT2D eigenvalue weighted by molar-refractivity contribution is 6.02. The topological polar surface area (TPSA) is 189 Å². The minimum absolute atomic E-state index is 0.0462. The van der Waals surface area contributed by atoms with E-state index < -0.39 is 78.6 Å². The first-order chi connectivity index (χ1) is 19.4. The lowest BCUT2D eigenvalue weighted by Gasteiger charge is -2.40. The van der Waals surface area contributed by atoms with Gasteiger partial charge in [-0.15, -0.1) is 0 Å². The fourth-order valence-electron chi connectivity index (χ4n) is 6.25. The number of hydrogen-bond donors (Lipinski definition) is 5. The molecule has 2 heterocycles. The van der Waals surface area contributed by atoms with E-state index in [1.807, 2.05) is 0 Å². The Morgan fingerprint density at radius 1 is 1.10 bits per heavy atom. The van der Waals surface area contributed by atoms with Crippen molar-refractivity contribution in [3.05, 3.63) is 53.6 Å². The van der Waals surface area contributed by atoms with Gasteiger partial charge in [-0.3, -0.25) is 9.59 Å². The summed E-state index contributed by atoms with van der Waals surface area (Å²) in [4.78, 5) is 37.6. The Hall–Kier alpha value is -3.13. The summed E-state index contributed by atoms with van der Waals surface area (Å²) in [5, 5.41) is 52.3. The SMILES string of the molecule is C=C1C(=O)O[C@@H]2[C@H]3C(CO[C@@H]4O[C@H](COC(=O)Cc5ccc(O)cc5)[C@@H](O)[C@H](O)[C@H]4O)=CC(=O)C3(O)[C@@H](C)CC[C@@H]12. The number of aromatic hydroxyl groups is 1. The Balaban J connectivity index is 1.25. The smallest absolute Gasteiger partial charge is 0.334 e. The van der Waals surface area contributed by atoms with Gasteiger partial charge in [-0.25, -0.2) is 4.79 Å². The fourth-order valence-corrected chi connectivity index (χ4v) is 6.25. The number of phenolic OH excluding ortho intramolecular Hbond substituents is 1. The van der Waals surface area contributed by atoms with Crippen molar-refractivity contribution in [1.29, 1.82) is 0 Å². The van der Waals surface area contributed by atoms with Gasteiger partial charge in [-0.2, -0.15) is 0 Å². The number of phenols is 1. The van der Waals surface area contributed by atoms with Gasteiger partial charge < -0.3 is 44.5 Å². The Kier molecular flexibility index (Phi) is 8.07. The molecule has 12 nitrogen and oxygen atoms in total. The highest BCUT2D eigenvalue weighted by Crippen LogP contribution is 2.52. The van der Waals surface area contributed by atoms with Gasteiger partial charge in [0.25, 0.3) is 0 Å². The summed E-state index contributed by atoms with van der Waals surface area (Å²) < 4.78 is 22.2. The van der Waals surface area contributed by atoms with E-state index >= 15 is 0 Å². The molecule has 1 aromatic carbocycles. The fraction of sp³-hybridized carbons (Fsp3) is 0.552. The lowest BCUT2D eigenvalue weighted by atomic mass is 9.74. The minimum atomic E-state index is -1.82. The van der Waals surface area contributed by atoms with Gasteiger partial charge in [-0.05, 0) is 48.1 Å². The molecule has 2 aliphatic carbocycles. The van der Waals surface area contributed by atoms with Gasteiger partial charge in [0.05, 0.1) is 18.9 Å². The van der Waals surface area contributed by atoms with E-state index in [4.69, 9.17) is 18.9 Å². The number of aliphatic hydroxyl groups is 4. The molecule has 0 amide bonds. The normalized spacial score (nSPS) is 38.5. The zero-order valence-corrected chi connectivity index (χ0v) is 22.4. The minimum Gasteiger partial charge on any atom is -0.508 e. The molecular formula is C29H34O12. The van der Waals surface area contributed by atoms with E-state index in [1.54, 1.807) is 19.1 Å². The van der Waals surface area contributed by atoms with Crippen LogP contribution in [0.5, 0.6) is 5.75 Å². The van der Waals surface area contributed by atoms with Crippen LogP contribution in [0, 0.1) is 17.8 Å².